The summed E-state index contributed by atoms with van der Waals surface area (Å²) in [5.41, 5.74) is 2.21. The number of hydrogen-bond donors (Lipinski definition) is 1. The van der Waals surface area contributed by atoms with Crippen molar-refractivity contribution in [2.75, 3.05) is 6.61 Å². The van der Waals surface area contributed by atoms with Crippen LogP contribution < -0.4 is 4.74 Å². The number of esters is 1. The Hall–Kier alpha value is -1.35. The fourth-order valence-corrected chi connectivity index (χ4v) is 1.75. The first-order chi connectivity index (χ1) is 7.29. The van der Waals surface area contributed by atoms with E-state index in [9.17, 15) is 4.79 Å². The number of ether oxygens (including phenoxy) is 1. The summed E-state index contributed by atoms with van der Waals surface area (Å²) in [6, 6.07) is 5.95. The van der Waals surface area contributed by atoms with E-state index in [1.54, 1.807) is 0 Å². The van der Waals surface area contributed by atoms with Gasteiger partial charge in [-0.3, -0.25) is 4.79 Å². The van der Waals surface area contributed by atoms with Gasteiger partial charge in [0.1, 0.15) is 5.75 Å². The van der Waals surface area contributed by atoms with Crippen molar-refractivity contribution in [3.8, 4) is 5.75 Å². The summed E-state index contributed by atoms with van der Waals surface area (Å²) in [5, 5.41) is 8.72. The monoisotopic (exact) mass is 206 g/mol. The molecule has 3 nitrogen and oxygen atoms in total. The van der Waals surface area contributed by atoms with E-state index in [0.29, 0.717) is 12.2 Å². The number of carbonyl (C=O) groups is 1. The van der Waals surface area contributed by atoms with Gasteiger partial charge in [0.15, 0.2) is 0 Å². The predicted octanol–water partition coefficient (Wildman–Crippen LogP) is 1.46. The van der Waals surface area contributed by atoms with Crippen molar-refractivity contribution < 1.29 is 14.6 Å². The van der Waals surface area contributed by atoms with Crippen molar-refractivity contribution >= 4 is 5.97 Å². The van der Waals surface area contributed by atoms with E-state index in [1.165, 1.54) is 0 Å². The maximum atomic E-state index is 11.1. The molecule has 15 heavy (non-hydrogen) atoms. The minimum Gasteiger partial charge on any atom is -0.426 e. The average Bonchev–Trinajstić information content (AvgIpc) is 2.25. The van der Waals surface area contributed by atoms with Crippen molar-refractivity contribution in [2.24, 2.45) is 0 Å². The molecule has 1 N–H and O–H groups in total. The second kappa shape index (κ2) is 4.45. The van der Waals surface area contributed by atoms with Crippen LogP contribution in [0.4, 0.5) is 0 Å². The smallest absolute Gasteiger partial charge is 0.311 e. The molecule has 0 saturated carbocycles. The SMILES string of the molecule is O=C1CCc2ccc(CCCO)cc2O1. The van der Waals surface area contributed by atoms with Crippen LogP contribution in [0.1, 0.15) is 24.0 Å². The largest absolute Gasteiger partial charge is 0.426 e. The van der Waals surface area contributed by atoms with Crippen LogP contribution in [0.15, 0.2) is 18.2 Å². The van der Waals surface area contributed by atoms with Gasteiger partial charge in [0.05, 0.1) is 6.42 Å². The highest BCUT2D eigenvalue weighted by Crippen LogP contribution is 2.26. The molecule has 0 atom stereocenters. The second-order valence-corrected chi connectivity index (χ2v) is 3.74. The number of hydrogen-bond acceptors (Lipinski definition) is 3. The molecule has 1 aliphatic heterocycles. The first-order valence-corrected chi connectivity index (χ1v) is 5.23. The van der Waals surface area contributed by atoms with Gasteiger partial charge in [0.25, 0.3) is 0 Å². The number of aliphatic hydroxyl groups is 1. The molecular weight excluding hydrogens is 192 g/mol. The van der Waals surface area contributed by atoms with E-state index < -0.39 is 0 Å². The Morgan fingerprint density at radius 1 is 1.33 bits per heavy atom. The maximum Gasteiger partial charge on any atom is 0.311 e. The highest BCUT2D eigenvalue weighted by molar-refractivity contribution is 5.75. The van der Waals surface area contributed by atoms with Crippen molar-refractivity contribution in [3.63, 3.8) is 0 Å². The molecule has 0 bridgehead atoms. The molecule has 1 aliphatic rings. The molecule has 0 amide bonds. The molecule has 80 valence electrons. The van der Waals surface area contributed by atoms with Crippen molar-refractivity contribution in [1.29, 1.82) is 0 Å². The number of carbonyl (C=O) groups excluding carboxylic acids is 1. The van der Waals surface area contributed by atoms with Gasteiger partial charge in [-0.25, -0.2) is 0 Å². The third-order valence-electron chi connectivity index (χ3n) is 2.58. The lowest BCUT2D eigenvalue weighted by Crippen LogP contribution is -2.15. The van der Waals surface area contributed by atoms with E-state index in [4.69, 9.17) is 9.84 Å². The molecule has 2 rings (SSSR count). The summed E-state index contributed by atoms with van der Waals surface area (Å²) < 4.78 is 5.15. The van der Waals surface area contributed by atoms with Gasteiger partial charge < -0.3 is 9.84 Å². The Morgan fingerprint density at radius 2 is 2.20 bits per heavy atom. The summed E-state index contributed by atoms with van der Waals surface area (Å²) in [5.74, 6) is 0.545. The molecule has 1 heterocycles. The molecule has 0 spiro atoms. The number of rotatable bonds is 3. The lowest BCUT2D eigenvalue weighted by Gasteiger charge is -2.16. The lowest BCUT2D eigenvalue weighted by molar-refractivity contribution is -0.135. The fourth-order valence-electron chi connectivity index (χ4n) is 1.75. The van der Waals surface area contributed by atoms with Crippen LogP contribution in [0.5, 0.6) is 5.75 Å². The lowest BCUT2D eigenvalue weighted by atomic mass is 10.0. The summed E-state index contributed by atoms with van der Waals surface area (Å²) in [4.78, 5) is 11.1. The van der Waals surface area contributed by atoms with Gasteiger partial charge in [0.2, 0.25) is 0 Å². The van der Waals surface area contributed by atoms with Crippen molar-refractivity contribution in [3.05, 3.63) is 29.3 Å². The van der Waals surface area contributed by atoms with E-state index in [1.807, 2.05) is 18.2 Å². The summed E-state index contributed by atoms with van der Waals surface area (Å²) in [6.45, 7) is 0.191. The van der Waals surface area contributed by atoms with Crippen molar-refractivity contribution in [2.45, 2.75) is 25.7 Å². The molecule has 1 aromatic rings. The van der Waals surface area contributed by atoms with Gasteiger partial charge in [0, 0.05) is 6.61 Å². The summed E-state index contributed by atoms with van der Waals surface area (Å²) in [6.07, 6.45) is 2.81. The topological polar surface area (TPSA) is 46.5 Å². The van der Waals surface area contributed by atoms with Crippen LogP contribution in [0.3, 0.4) is 0 Å². The van der Waals surface area contributed by atoms with Gasteiger partial charge in [-0.05, 0) is 36.5 Å². The molecule has 0 unspecified atom stereocenters. The van der Waals surface area contributed by atoms with Crippen LogP contribution in [-0.2, 0) is 17.6 Å². The standard InChI is InChI=1S/C12H14O3/c13-7-1-2-9-3-4-10-5-6-12(14)15-11(10)8-9/h3-4,8,13H,1-2,5-7H2. The van der Waals surface area contributed by atoms with Crippen LogP contribution in [0.25, 0.3) is 0 Å². The molecule has 0 aliphatic carbocycles. The highest BCUT2D eigenvalue weighted by atomic mass is 16.5. The van der Waals surface area contributed by atoms with E-state index in [2.05, 4.69) is 0 Å². The Labute approximate surface area is 88.7 Å². The predicted molar refractivity (Wildman–Crippen MR) is 55.8 cm³/mol. The zero-order chi connectivity index (χ0) is 10.7. The zero-order valence-electron chi connectivity index (χ0n) is 8.53. The summed E-state index contributed by atoms with van der Waals surface area (Å²) in [7, 11) is 0. The molecule has 0 radical (unpaired) electrons. The van der Waals surface area contributed by atoms with Crippen LogP contribution in [0, 0.1) is 0 Å². The first kappa shape index (κ1) is 10.2. The molecule has 0 fully saturated rings. The number of aliphatic hydroxyl groups excluding tert-OH is 1. The van der Waals surface area contributed by atoms with E-state index in [-0.39, 0.29) is 12.6 Å². The minimum atomic E-state index is -0.151. The number of aryl methyl sites for hydroxylation is 2. The Bertz CT molecular complexity index is 371. The second-order valence-electron chi connectivity index (χ2n) is 3.74. The molecular formula is C12H14O3. The van der Waals surface area contributed by atoms with Crippen LogP contribution >= 0.6 is 0 Å². The van der Waals surface area contributed by atoms with Gasteiger partial charge in [-0.2, -0.15) is 0 Å². The number of fused-ring (bicyclic) bond motifs is 1. The van der Waals surface area contributed by atoms with Crippen molar-refractivity contribution in [1.82, 2.24) is 0 Å². The normalized spacial score (nSPS) is 14.6. The average molecular weight is 206 g/mol. The Kier molecular flexibility index (Phi) is 3.02. The third-order valence-corrected chi connectivity index (χ3v) is 2.58. The van der Waals surface area contributed by atoms with Gasteiger partial charge >= 0.3 is 5.97 Å². The quantitative estimate of drug-likeness (QED) is 0.601. The van der Waals surface area contributed by atoms with Crippen LogP contribution in [-0.4, -0.2) is 17.7 Å². The first-order valence-electron chi connectivity index (χ1n) is 5.23. The zero-order valence-corrected chi connectivity index (χ0v) is 8.53. The maximum absolute atomic E-state index is 11.1. The van der Waals surface area contributed by atoms with E-state index >= 15 is 0 Å². The molecule has 3 heteroatoms. The highest BCUT2D eigenvalue weighted by Gasteiger charge is 2.16. The number of benzene rings is 1. The third kappa shape index (κ3) is 2.36. The molecule has 1 aromatic carbocycles. The van der Waals surface area contributed by atoms with Gasteiger partial charge in [-0.15, -0.1) is 0 Å². The van der Waals surface area contributed by atoms with Gasteiger partial charge in [-0.1, -0.05) is 12.1 Å². The Balaban J connectivity index is 2.17. The fraction of sp³-hybridized carbons (Fsp3) is 0.417. The molecule has 0 saturated heterocycles. The molecule has 0 aromatic heterocycles. The summed E-state index contributed by atoms with van der Waals surface area (Å²) >= 11 is 0. The Morgan fingerprint density at radius 3 is 3.00 bits per heavy atom. The van der Waals surface area contributed by atoms with E-state index in [0.717, 1.165) is 30.4 Å². The minimum absolute atomic E-state index is 0.151. The van der Waals surface area contributed by atoms with Crippen LogP contribution in [0.2, 0.25) is 0 Å².